The molecule has 116 valence electrons. The molecule has 0 aliphatic rings. The van der Waals surface area contributed by atoms with Gasteiger partial charge in [0.15, 0.2) is 10.4 Å². The number of hydrogen-bond donors (Lipinski definition) is 1. The molecular weight excluding hydrogens is 348 g/mol. The third-order valence-corrected chi connectivity index (χ3v) is 3.66. The molecule has 6 heteroatoms. The lowest BCUT2D eigenvalue weighted by Gasteiger charge is -2.18. The number of carbonyl (C=O) groups excluding carboxylic acids is 2. The summed E-state index contributed by atoms with van der Waals surface area (Å²) in [5, 5.41) is 2.72. The molecule has 2 aromatic rings. The Kier molecular flexibility index (Phi) is 5.38. The summed E-state index contributed by atoms with van der Waals surface area (Å²) in [6, 6.07) is 10.0. The number of halogens is 1. The number of anilines is 1. The molecule has 1 heterocycles. The van der Waals surface area contributed by atoms with E-state index in [9.17, 15) is 9.59 Å². The fraction of sp³-hybridized carbons (Fsp3) is 0.250. The number of hydrogen-bond acceptors (Lipinski definition) is 3. The summed E-state index contributed by atoms with van der Waals surface area (Å²) in [5.74, 6) is -0.137. The SMILES string of the molecule is CCN(CC)C(=O)c1ccc(NC(=O)c2ccc(Br)o2)cc1. The van der Waals surface area contributed by atoms with E-state index in [1.54, 1.807) is 41.3 Å². The summed E-state index contributed by atoms with van der Waals surface area (Å²) < 4.78 is 5.68. The number of carbonyl (C=O) groups is 2. The van der Waals surface area contributed by atoms with Crippen molar-refractivity contribution in [2.45, 2.75) is 13.8 Å². The predicted octanol–water partition coefficient (Wildman–Crippen LogP) is 3.78. The van der Waals surface area contributed by atoms with Crippen LogP contribution in [0.4, 0.5) is 5.69 Å². The molecule has 2 amide bonds. The first-order valence-corrected chi connectivity index (χ1v) is 7.80. The first-order valence-electron chi connectivity index (χ1n) is 7.01. The van der Waals surface area contributed by atoms with E-state index in [1.807, 2.05) is 13.8 Å². The summed E-state index contributed by atoms with van der Waals surface area (Å²) in [4.78, 5) is 25.9. The minimum Gasteiger partial charge on any atom is -0.444 e. The number of benzene rings is 1. The van der Waals surface area contributed by atoms with E-state index in [0.717, 1.165) is 0 Å². The zero-order valence-corrected chi connectivity index (χ0v) is 14.0. The van der Waals surface area contributed by atoms with Crippen LogP contribution in [0.25, 0.3) is 0 Å². The minimum absolute atomic E-state index is 0.0159. The molecule has 0 atom stereocenters. The number of nitrogens with zero attached hydrogens (tertiary/aromatic N) is 1. The van der Waals surface area contributed by atoms with Crippen LogP contribution in [0, 0.1) is 0 Å². The van der Waals surface area contributed by atoms with E-state index in [-0.39, 0.29) is 17.6 Å². The van der Waals surface area contributed by atoms with Gasteiger partial charge in [-0.05, 0) is 66.2 Å². The van der Waals surface area contributed by atoms with E-state index in [2.05, 4.69) is 21.2 Å². The fourth-order valence-corrected chi connectivity index (χ4v) is 2.33. The second-order valence-corrected chi connectivity index (χ2v) is 5.39. The van der Waals surface area contributed by atoms with Crippen LogP contribution in [-0.4, -0.2) is 29.8 Å². The summed E-state index contributed by atoms with van der Waals surface area (Å²) in [7, 11) is 0. The van der Waals surface area contributed by atoms with Crippen LogP contribution in [0.2, 0.25) is 0 Å². The molecule has 5 nitrogen and oxygen atoms in total. The highest BCUT2D eigenvalue weighted by Gasteiger charge is 2.13. The van der Waals surface area contributed by atoms with Crippen molar-refractivity contribution in [3.8, 4) is 0 Å². The van der Waals surface area contributed by atoms with Gasteiger partial charge in [-0.3, -0.25) is 9.59 Å². The smallest absolute Gasteiger partial charge is 0.291 e. The van der Waals surface area contributed by atoms with Gasteiger partial charge >= 0.3 is 0 Å². The van der Waals surface area contributed by atoms with E-state index in [1.165, 1.54) is 0 Å². The van der Waals surface area contributed by atoms with Gasteiger partial charge in [0.2, 0.25) is 0 Å². The predicted molar refractivity (Wildman–Crippen MR) is 88.1 cm³/mol. The Labute approximate surface area is 137 Å². The van der Waals surface area contributed by atoms with Crippen molar-refractivity contribution in [1.82, 2.24) is 4.90 Å². The maximum Gasteiger partial charge on any atom is 0.291 e. The molecule has 0 unspecified atom stereocenters. The number of furan rings is 1. The standard InChI is InChI=1S/C16H17BrN2O3/c1-3-19(4-2)16(21)11-5-7-12(8-6-11)18-15(20)13-9-10-14(17)22-13/h5-10H,3-4H2,1-2H3,(H,18,20). The lowest BCUT2D eigenvalue weighted by atomic mass is 10.1. The number of rotatable bonds is 5. The molecule has 0 aliphatic carbocycles. The Morgan fingerprint density at radius 2 is 1.73 bits per heavy atom. The average Bonchev–Trinajstić information content (AvgIpc) is 2.96. The summed E-state index contributed by atoms with van der Waals surface area (Å²) in [6.45, 7) is 5.22. The molecule has 1 aromatic carbocycles. The van der Waals surface area contributed by atoms with Crippen LogP contribution in [0.15, 0.2) is 45.5 Å². The third kappa shape index (κ3) is 3.76. The minimum atomic E-state index is -0.339. The largest absolute Gasteiger partial charge is 0.444 e. The summed E-state index contributed by atoms with van der Waals surface area (Å²) >= 11 is 3.15. The van der Waals surface area contributed by atoms with Gasteiger partial charge in [-0.25, -0.2) is 0 Å². The highest BCUT2D eigenvalue weighted by molar-refractivity contribution is 9.10. The lowest BCUT2D eigenvalue weighted by Crippen LogP contribution is -2.30. The first-order chi connectivity index (χ1) is 10.5. The zero-order valence-electron chi connectivity index (χ0n) is 12.4. The van der Waals surface area contributed by atoms with Gasteiger partial charge in [-0.15, -0.1) is 0 Å². The van der Waals surface area contributed by atoms with Crippen molar-refractivity contribution in [2.24, 2.45) is 0 Å². The Hall–Kier alpha value is -2.08. The molecule has 0 spiro atoms. The van der Waals surface area contributed by atoms with Crippen LogP contribution < -0.4 is 5.32 Å². The first kappa shape index (κ1) is 16.3. The van der Waals surface area contributed by atoms with Gasteiger partial charge in [0.25, 0.3) is 11.8 Å². The van der Waals surface area contributed by atoms with Gasteiger partial charge in [-0.1, -0.05) is 0 Å². The molecule has 1 aromatic heterocycles. The van der Waals surface area contributed by atoms with E-state index < -0.39 is 0 Å². The molecule has 0 saturated heterocycles. The molecule has 1 N–H and O–H groups in total. The molecule has 0 bridgehead atoms. The Morgan fingerprint density at radius 1 is 1.09 bits per heavy atom. The van der Waals surface area contributed by atoms with Gasteiger partial charge in [0.1, 0.15) is 0 Å². The second kappa shape index (κ2) is 7.26. The quantitative estimate of drug-likeness (QED) is 0.877. The maximum atomic E-state index is 12.2. The van der Waals surface area contributed by atoms with Crippen LogP contribution in [-0.2, 0) is 0 Å². The van der Waals surface area contributed by atoms with Crippen LogP contribution in [0.3, 0.4) is 0 Å². The monoisotopic (exact) mass is 364 g/mol. The van der Waals surface area contributed by atoms with Crippen molar-refractivity contribution in [1.29, 1.82) is 0 Å². The van der Waals surface area contributed by atoms with Crippen LogP contribution in [0.5, 0.6) is 0 Å². The molecule has 0 saturated carbocycles. The van der Waals surface area contributed by atoms with Crippen LogP contribution in [0.1, 0.15) is 34.8 Å². The molecule has 0 radical (unpaired) electrons. The Balaban J connectivity index is 2.06. The van der Waals surface area contributed by atoms with Crippen molar-refractivity contribution in [3.05, 3.63) is 52.4 Å². The number of amides is 2. The van der Waals surface area contributed by atoms with Gasteiger partial charge in [0, 0.05) is 24.3 Å². The number of nitrogens with one attached hydrogen (secondary N) is 1. The summed E-state index contributed by atoms with van der Waals surface area (Å²) in [5.41, 5.74) is 1.20. The van der Waals surface area contributed by atoms with Crippen molar-refractivity contribution >= 4 is 33.4 Å². The lowest BCUT2D eigenvalue weighted by molar-refractivity contribution is 0.0773. The highest BCUT2D eigenvalue weighted by atomic mass is 79.9. The topological polar surface area (TPSA) is 62.6 Å². The van der Waals surface area contributed by atoms with E-state index in [4.69, 9.17) is 4.42 Å². The third-order valence-electron chi connectivity index (χ3n) is 3.24. The normalized spacial score (nSPS) is 10.3. The van der Waals surface area contributed by atoms with Gasteiger partial charge in [0.05, 0.1) is 0 Å². The fourth-order valence-electron chi connectivity index (χ4n) is 2.02. The van der Waals surface area contributed by atoms with Crippen molar-refractivity contribution in [3.63, 3.8) is 0 Å². The van der Waals surface area contributed by atoms with E-state index >= 15 is 0 Å². The van der Waals surface area contributed by atoms with E-state index in [0.29, 0.717) is 29.0 Å². The molecular formula is C16H17BrN2O3. The molecule has 0 fully saturated rings. The zero-order chi connectivity index (χ0) is 16.1. The van der Waals surface area contributed by atoms with Crippen molar-refractivity contribution < 1.29 is 14.0 Å². The molecule has 22 heavy (non-hydrogen) atoms. The average molecular weight is 365 g/mol. The Bertz CT molecular complexity index is 660. The van der Waals surface area contributed by atoms with Gasteiger partial charge in [-0.2, -0.15) is 0 Å². The second-order valence-electron chi connectivity index (χ2n) is 4.61. The van der Waals surface area contributed by atoms with Gasteiger partial charge < -0.3 is 14.6 Å². The molecule has 0 aliphatic heterocycles. The molecule has 2 rings (SSSR count). The summed E-state index contributed by atoms with van der Waals surface area (Å²) in [6.07, 6.45) is 0. The highest BCUT2D eigenvalue weighted by Crippen LogP contribution is 2.17. The Morgan fingerprint density at radius 3 is 2.23 bits per heavy atom. The van der Waals surface area contributed by atoms with Crippen molar-refractivity contribution in [2.75, 3.05) is 18.4 Å². The van der Waals surface area contributed by atoms with Crippen LogP contribution >= 0.6 is 15.9 Å². The maximum absolute atomic E-state index is 12.2.